The van der Waals surface area contributed by atoms with Gasteiger partial charge in [0.25, 0.3) is 0 Å². The van der Waals surface area contributed by atoms with E-state index in [9.17, 15) is 9.83 Å². The van der Waals surface area contributed by atoms with Crippen LogP contribution in [0, 0.1) is 17.2 Å². The van der Waals surface area contributed by atoms with Crippen LogP contribution in [0.4, 0.5) is 11.5 Å². The number of rotatable bonds is 6. The number of guanidine groups is 1. The molecule has 4 rings (SSSR count). The van der Waals surface area contributed by atoms with Crippen LogP contribution in [-0.2, 0) is 10.2 Å². The van der Waals surface area contributed by atoms with Crippen molar-refractivity contribution in [3.05, 3.63) is 35.5 Å². The number of fused-ring (bicyclic) bond motifs is 1. The highest BCUT2D eigenvalue weighted by Crippen LogP contribution is 2.38. The Balaban J connectivity index is 1.64. The minimum absolute atomic E-state index is 0.535. The minimum Gasteiger partial charge on any atom is -0.495 e. The number of aromatic nitrogens is 1. The third-order valence-electron chi connectivity index (χ3n) is 6.35. The summed E-state index contributed by atoms with van der Waals surface area (Å²) in [6.45, 7) is 6.38. The van der Waals surface area contributed by atoms with Gasteiger partial charge in [0.15, 0.2) is 0 Å². The van der Waals surface area contributed by atoms with Crippen molar-refractivity contribution in [2.45, 2.75) is 38.3 Å². The lowest BCUT2D eigenvalue weighted by Crippen LogP contribution is -2.58. The van der Waals surface area contributed by atoms with Crippen LogP contribution in [0.1, 0.15) is 43.7 Å². The number of benzene rings is 1. The first kappa shape index (κ1) is 22.4. The molecule has 170 valence electrons. The smallest absolute Gasteiger partial charge is 0.204 e. The van der Waals surface area contributed by atoms with Gasteiger partial charge in [-0.1, -0.05) is 12.8 Å². The number of H-pyrrole nitrogens is 1. The molecule has 2 aliphatic rings. The Labute approximate surface area is 189 Å². The number of aliphatic imine (C=N–C) groups is 1. The van der Waals surface area contributed by atoms with E-state index in [4.69, 9.17) is 4.74 Å². The van der Waals surface area contributed by atoms with E-state index in [0.29, 0.717) is 34.7 Å². The molecule has 0 bridgehead atoms. The summed E-state index contributed by atoms with van der Waals surface area (Å²) in [7, 11) is -0.816. The molecule has 1 aliphatic heterocycles. The van der Waals surface area contributed by atoms with Crippen molar-refractivity contribution in [1.82, 2.24) is 15.6 Å². The lowest BCUT2D eigenvalue weighted by Gasteiger charge is -2.37. The number of nitriles is 1. The second-order valence-electron chi connectivity index (χ2n) is 9.14. The number of aromatic amines is 1. The molecule has 0 amide bonds. The first-order valence-electron chi connectivity index (χ1n) is 11.0. The van der Waals surface area contributed by atoms with Gasteiger partial charge in [0.1, 0.15) is 30.4 Å². The van der Waals surface area contributed by atoms with Gasteiger partial charge in [-0.25, -0.2) is 0 Å². The maximum absolute atomic E-state index is 12.5. The molecule has 9 heteroatoms. The summed E-state index contributed by atoms with van der Waals surface area (Å²) in [6, 6.07) is 7.78. The first-order valence-corrected chi connectivity index (χ1v) is 13.6. The molecule has 0 radical (unpaired) electrons. The van der Waals surface area contributed by atoms with E-state index in [2.05, 4.69) is 32.0 Å². The topological polar surface area (TPSA) is 114 Å². The summed E-state index contributed by atoms with van der Waals surface area (Å²) in [5.74, 6) is 2.41. The Morgan fingerprint density at radius 3 is 2.75 bits per heavy atom. The van der Waals surface area contributed by atoms with Gasteiger partial charge in [-0.3, -0.25) is 5.32 Å². The Bertz CT molecular complexity index is 1120. The molecule has 1 atom stereocenters. The summed E-state index contributed by atoms with van der Waals surface area (Å²) in [5.41, 5.74) is 1.44. The Kier molecular flexibility index (Phi) is 6.07. The van der Waals surface area contributed by atoms with Gasteiger partial charge in [-0.05, 0) is 57.2 Å². The van der Waals surface area contributed by atoms with Crippen LogP contribution in [0.3, 0.4) is 0 Å². The van der Waals surface area contributed by atoms with Gasteiger partial charge < -0.3 is 24.9 Å². The van der Waals surface area contributed by atoms with Crippen LogP contribution in [0.15, 0.2) is 29.4 Å². The number of hydrogen-bond donors (Lipinski definition) is 4. The average molecular weight is 455 g/mol. The maximum atomic E-state index is 12.5. The normalized spacial score (nSPS) is 20.8. The fourth-order valence-electron chi connectivity index (χ4n) is 4.53. The molecule has 1 aliphatic carbocycles. The minimum atomic E-state index is -2.41. The second-order valence-corrected chi connectivity index (χ2v) is 12.4. The van der Waals surface area contributed by atoms with E-state index in [0.717, 1.165) is 17.4 Å². The molecule has 32 heavy (non-hydrogen) atoms. The average Bonchev–Trinajstić information content (AvgIpc) is 3.42. The van der Waals surface area contributed by atoms with E-state index >= 15 is 0 Å². The van der Waals surface area contributed by atoms with Gasteiger partial charge in [0.05, 0.1) is 23.9 Å². The molecule has 2 heterocycles. The zero-order valence-corrected chi connectivity index (χ0v) is 20.0. The van der Waals surface area contributed by atoms with E-state index in [1.54, 1.807) is 32.7 Å². The van der Waals surface area contributed by atoms with Gasteiger partial charge in [-0.15, -0.1) is 0 Å². The summed E-state index contributed by atoms with van der Waals surface area (Å²) >= 11 is 0. The number of nitrogens with zero attached hydrogens (tertiary/aromatic N) is 2. The molecule has 0 saturated heterocycles. The number of ether oxygens (including phenoxy) is 1. The molecule has 1 aromatic carbocycles. The molecule has 1 saturated carbocycles. The lowest BCUT2D eigenvalue weighted by atomic mass is 9.97. The lowest BCUT2D eigenvalue weighted by molar-refractivity contribution is 0.304. The highest BCUT2D eigenvalue weighted by molar-refractivity contribution is 7.70. The molecule has 1 aromatic heterocycles. The maximum Gasteiger partial charge on any atom is 0.204 e. The SMILES string of the molecule is COc1cc(P(C)(C)=O)ccc1NC1=Nc2[nH]cc(C#N)c2C(C)(NCC2CCCC2)N1. The predicted molar refractivity (Wildman–Crippen MR) is 129 cm³/mol. The van der Waals surface area contributed by atoms with E-state index < -0.39 is 12.8 Å². The monoisotopic (exact) mass is 454 g/mol. The van der Waals surface area contributed by atoms with Crippen molar-refractivity contribution in [3.8, 4) is 11.8 Å². The number of hydrogen-bond acceptors (Lipinski definition) is 7. The third kappa shape index (κ3) is 4.41. The summed E-state index contributed by atoms with van der Waals surface area (Å²) in [6.07, 6.45) is 6.72. The molecule has 1 fully saturated rings. The van der Waals surface area contributed by atoms with Gasteiger partial charge in [0.2, 0.25) is 5.96 Å². The molecule has 0 spiro atoms. The Morgan fingerprint density at radius 1 is 1.34 bits per heavy atom. The highest BCUT2D eigenvalue weighted by Gasteiger charge is 2.38. The third-order valence-corrected chi connectivity index (χ3v) is 7.87. The van der Waals surface area contributed by atoms with E-state index in [1.807, 2.05) is 19.1 Å². The highest BCUT2D eigenvalue weighted by atomic mass is 31.2. The van der Waals surface area contributed by atoms with Crippen LogP contribution in [0.25, 0.3) is 0 Å². The van der Waals surface area contributed by atoms with Crippen molar-refractivity contribution in [2.24, 2.45) is 10.9 Å². The zero-order chi connectivity index (χ0) is 22.9. The quantitative estimate of drug-likeness (QED) is 0.494. The molecular formula is C23H31N6O2P. The fourth-order valence-corrected chi connectivity index (χ4v) is 5.40. The standard InChI is InChI=1S/C23H31N6O2P/c1-23(26-13-15-7-5-6-8-15)20-16(12-24)14-25-21(20)28-22(29-23)27-18-10-9-17(32(3,4)30)11-19(18)31-2/h9-11,14-15,25-26H,5-8,13H2,1-4H3,(H2,27,28,29). The number of anilines is 1. The largest absolute Gasteiger partial charge is 0.495 e. The zero-order valence-electron chi connectivity index (χ0n) is 19.1. The van der Waals surface area contributed by atoms with Crippen molar-refractivity contribution in [1.29, 1.82) is 5.26 Å². The molecule has 1 unspecified atom stereocenters. The Hall–Kier alpha value is -2.75. The van der Waals surface area contributed by atoms with E-state index in [1.165, 1.54) is 25.7 Å². The molecular weight excluding hydrogens is 423 g/mol. The van der Waals surface area contributed by atoms with Crippen molar-refractivity contribution in [2.75, 3.05) is 32.3 Å². The summed E-state index contributed by atoms with van der Waals surface area (Å²) < 4.78 is 18.0. The van der Waals surface area contributed by atoms with Gasteiger partial charge in [0, 0.05) is 18.0 Å². The summed E-state index contributed by atoms with van der Waals surface area (Å²) in [5, 5.41) is 20.8. The van der Waals surface area contributed by atoms with Gasteiger partial charge in [-0.2, -0.15) is 10.3 Å². The molecule has 8 nitrogen and oxygen atoms in total. The van der Waals surface area contributed by atoms with Crippen LogP contribution >= 0.6 is 7.14 Å². The van der Waals surface area contributed by atoms with Crippen LogP contribution in [-0.4, -0.2) is 37.9 Å². The van der Waals surface area contributed by atoms with Crippen molar-refractivity contribution < 1.29 is 9.30 Å². The van der Waals surface area contributed by atoms with Crippen molar-refractivity contribution in [3.63, 3.8) is 0 Å². The second kappa shape index (κ2) is 8.65. The first-order chi connectivity index (χ1) is 15.2. The number of methoxy groups -OCH3 is 1. The van der Waals surface area contributed by atoms with E-state index in [-0.39, 0.29) is 0 Å². The molecule has 2 aromatic rings. The fraction of sp³-hybridized carbons (Fsp3) is 0.478. The number of nitrogens with one attached hydrogen (secondary N) is 4. The van der Waals surface area contributed by atoms with Crippen LogP contribution < -0.4 is 26.0 Å². The van der Waals surface area contributed by atoms with Crippen molar-refractivity contribution >= 4 is 29.9 Å². The Morgan fingerprint density at radius 2 is 2.09 bits per heavy atom. The van der Waals surface area contributed by atoms with Crippen LogP contribution in [0.2, 0.25) is 0 Å². The van der Waals surface area contributed by atoms with Gasteiger partial charge >= 0.3 is 0 Å². The predicted octanol–water partition coefficient (Wildman–Crippen LogP) is 3.80. The summed E-state index contributed by atoms with van der Waals surface area (Å²) in [4.78, 5) is 7.80. The van der Waals surface area contributed by atoms with Crippen LogP contribution in [0.5, 0.6) is 5.75 Å². The molecule has 4 N–H and O–H groups in total.